The van der Waals surface area contributed by atoms with Crippen molar-refractivity contribution in [1.82, 2.24) is 10.1 Å². The summed E-state index contributed by atoms with van der Waals surface area (Å²) in [6, 6.07) is 8.14. The van der Waals surface area contributed by atoms with Gasteiger partial charge >= 0.3 is 0 Å². The number of hydrogen-bond acceptors (Lipinski definition) is 4. The molecule has 1 aromatic carbocycles. The van der Waals surface area contributed by atoms with E-state index >= 15 is 0 Å². The summed E-state index contributed by atoms with van der Waals surface area (Å²) in [5, 5.41) is 4.02. The van der Waals surface area contributed by atoms with E-state index in [1.54, 1.807) is 7.11 Å². The normalized spacial score (nSPS) is 10.9. The molecule has 2 rings (SSSR count). The predicted octanol–water partition coefficient (Wildman–Crippen LogP) is 3.49. The fourth-order valence-corrected chi connectivity index (χ4v) is 2.31. The van der Waals surface area contributed by atoms with E-state index in [1.165, 1.54) is 5.56 Å². The molecule has 2 aromatic rings. The zero-order valence-corrected chi connectivity index (χ0v) is 12.9. The molecule has 4 heteroatoms. The molecule has 0 amide bonds. The maximum Gasteiger partial charge on any atom is 0.138 e. The molecular formula is C17H22N2O2. The largest absolute Gasteiger partial charge is 0.497 e. The smallest absolute Gasteiger partial charge is 0.138 e. The molecule has 112 valence electrons. The Morgan fingerprint density at radius 2 is 1.95 bits per heavy atom. The molecular weight excluding hydrogens is 264 g/mol. The monoisotopic (exact) mass is 286 g/mol. The van der Waals surface area contributed by atoms with Crippen molar-refractivity contribution >= 4 is 0 Å². The highest BCUT2D eigenvalue weighted by molar-refractivity contribution is 5.27. The first-order valence-corrected chi connectivity index (χ1v) is 7.02. The quantitative estimate of drug-likeness (QED) is 0.730. The molecule has 0 N–H and O–H groups in total. The second kappa shape index (κ2) is 7.09. The maximum atomic E-state index is 5.24. The van der Waals surface area contributed by atoms with E-state index in [0.29, 0.717) is 0 Å². The average molecular weight is 286 g/mol. The summed E-state index contributed by atoms with van der Waals surface area (Å²) in [4.78, 5) is 2.31. The molecule has 0 spiro atoms. The minimum atomic E-state index is 0.805. The minimum Gasteiger partial charge on any atom is -0.497 e. The van der Waals surface area contributed by atoms with Crippen LogP contribution in [-0.4, -0.2) is 23.7 Å². The van der Waals surface area contributed by atoms with Crippen LogP contribution in [0.15, 0.2) is 41.4 Å². The van der Waals surface area contributed by atoms with E-state index in [0.717, 1.165) is 42.4 Å². The molecule has 0 bridgehead atoms. The molecule has 21 heavy (non-hydrogen) atoms. The summed E-state index contributed by atoms with van der Waals surface area (Å²) < 4.78 is 10.4. The van der Waals surface area contributed by atoms with Gasteiger partial charge in [-0.05, 0) is 31.5 Å². The molecule has 0 fully saturated rings. The van der Waals surface area contributed by atoms with Gasteiger partial charge in [0.25, 0.3) is 0 Å². The zero-order chi connectivity index (χ0) is 15.2. The number of hydrogen-bond donors (Lipinski definition) is 0. The third kappa shape index (κ3) is 3.95. The molecule has 0 unspecified atom stereocenters. The summed E-state index contributed by atoms with van der Waals surface area (Å²) >= 11 is 0. The van der Waals surface area contributed by atoms with Crippen LogP contribution in [0.5, 0.6) is 5.75 Å². The Morgan fingerprint density at radius 1 is 1.24 bits per heavy atom. The van der Waals surface area contributed by atoms with Gasteiger partial charge in [-0.1, -0.05) is 23.4 Å². The summed E-state index contributed by atoms with van der Waals surface area (Å²) in [5.74, 6) is 1.76. The van der Waals surface area contributed by atoms with E-state index in [9.17, 15) is 0 Å². The van der Waals surface area contributed by atoms with Crippen LogP contribution in [0.25, 0.3) is 0 Å². The molecule has 0 aliphatic carbocycles. The highest BCUT2D eigenvalue weighted by atomic mass is 16.5. The van der Waals surface area contributed by atoms with Crippen LogP contribution in [0.2, 0.25) is 0 Å². The Morgan fingerprint density at radius 3 is 2.48 bits per heavy atom. The van der Waals surface area contributed by atoms with Gasteiger partial charge in [-0.25, -0.2) is 0 Å². The highest BCUT2D eigenvalue weighted by Crippen LogP contribution is 2.18. The Hall–Kier alpha value is -2.07. The van der Waals surface area contributed by atoms with E-state index < -0.39 is 0 Å². The number of rotatable bonds is 7. The molecule has 0 aliphatic heterocycles. The minimum absolute atomic E-state index is 0.805. The first-order valence-electron chi connectivity index (χ1n) is 7.02. The lowest BCUT2D eigenvalue weighted by atomic mass is 10.1. The van der Waals surface area contributed by atoms with Gasteiger partial charge in [0, 0.05) is 25.2 Å². The molecule has 1 heterocycles. The van der Waals surface area contributed by atoms with Crippen LogP contribution >= 0.6 is 0 Å². The zero-order valence-electron chi connectivity index (χ0n) is 12.9. The summed E-state index contributed by atoms with van der Waals surface area (Å²) in [7, 11) is 1.68. The van der Waals surface area contributed by atoms with E-state index in [2.05, 4.69) is 28.8 Å². The summed E-state index contributed by atoms with van der Waals surface area (Å²) in [6.07, 6.45) is 1.92. The van der Waals surface area contributed by atoms with E-state index in [4.69, 9.17) is 9.26 Å². The van der Waals surface area contributed by atoms with Crippen LogP contribution in [0.1, 0.15) is 22.6 Å². The number of aryl methyl sites for hydroxylation is 2. The maximum absolute atomic E-state index is 5.24. The van der Waals surface area contributed by atoms with Gasteiger partial charge in [-0.15, -0.1) is 6.58 Å². The van der Waals surface area contributed by atoms with Gasteiger partial charge in [0.05, 0.1) is 12.8 Å². The Balaban J connectivity index is 2.09. The fourth-order valence-electron chi connectivity index (χ4n) is 2.31. The topological polar surface area (TPSA) is 38.5 Å². The Labute approximate surface area is 126 Å². The Kier molecular flexibility index (Phi) is 5.17. The van der Waals surface area contributed by atoms with Crippen LogP contribution < -0.4 is 4.74 Å². The highest BCUT2D eigenvalue weighted by Gasteiger charge is 2.13. The SMILES string of the molecule is C=CCN(Cc1ccc(OC)cc1)Cc1c(C)noc1C. The molecule has 0 aliphatic rings. The number of nitrogens with zero attached hydrogens (tertiary/aromatic N) is 2. The van der Waals surface area contributed by atoms with Crippen LogP contribution in [-0.2, 0) is 13.1 Å². The summed E-state index contributed by atoms with van der Waals surface area (Å²) in [5.41, 5.74) is 3.35. The molecule has 0 saturated heterocycles. The van der Waals surface area contributed by atoms with E-state index in [1.807, 2.05) is 32.1 Å². The third-order valence-electron chi connectivity index (χ3n) is 3.52. The molecule has 0 radical (unpaired) electrons. The van der Waals surface area contributed by atoms with Crippen LogP contribution in [0.3, 0.4) is 0 Å². The van der Waals surface area contributed by atoms with Gasteiger partial charge in [0.1, 0.15) is 11.5 Å². The number of ether oxygens (including phenoxy) is 1. The first-order chi connectivity index (χ1) is 10.1. The van der Waals surface area contributed by atoms with Gasteiger partial charge in [-0.2, -0.15) is 0 Å². The lowest BCUT2D eigenvalue weighted by molar-refractivity contribution is 0.283. The summed E-state index contributed by atoms with van der Waals surface area (Å²) in [6.45, 7) is 10.2. The molecule has 4 nitrogen and oxygen atoms in total. The van der Waals surface area contributed by atoms with Crippen molar-refractivity contribution in [3.63, 3.8) is 0 Å². The fraction of sp³-hybridized carbons (Fsp3) is 0.353. The average Bonchev–Trinajstić information content (AvgIpc) is 2.80. The standard InChI is InChI=1S/C17H22N2O2/c1-5-10-19(12-17-13(2)18-21-14(17)3)11-15-6-8-16(20-4)9-7-15/h5-9H,1,10-12H2,2-4H3. The molecule has 0 saturated carbocycles. The molecule has 1 aromatic heterocycles. The molecule has 0 atom stereocenters. The van der Waals surface area contributed by atoms with Crippen molar-refractivity contribution in [3.8, 4) is 5.75 Å². The lowest BCUT2D eigenvalue weighted by Crippen LogP contribution is -2.23. The number of aromatic nitrogens is 1. The van der Waals surface area contributed by atoms with Crippen molar-refractivity contribution < 1.29 is 9.26 Å². The number of methoxy groups -OCH3 is 1. The lowest BCUT2D eigenvalue weighted by Gasteiger charge is -2.20. The number of benzene rings is 1. The van der Waals surface area contributed by atoms with E-state index in [-0.39, 0.29) is 0 Å². The second-order valence-corrected chi connectivity index (χ2v) is 5.11. The van der Waals surface area contributed by atoms with Crippen molar-refractivity contribution in [2.45, 2.75) is 26.9 Å². The second-order valence-electron chi connectivity index (χ2n) is 5.11. The van der Waals surface area contributed by atoms with Gasteiger partial charge in [-0.3, -0.25) is 4.90 Å². The van der Waals surface area contributed by atoms with Crippen molar-refractivity contribution in [3.05, 3.63) is 59.5 Å². The van der Waals surface area contributed by atoms with Crippen LogP contribution in [0, 0.1) is 13.8 Å². The predicted molar refractivity (Wildman–Crippen MR) is 83.3 cm³/mol. The van der Waals surface area contributed by atoms with Crippen LogP contribution in [0.4, 0.5) is 0 Å². The van der Waals surface area contributed by atoms with Crippen molar-refractivity contribution in [2.24, 2.45) is 0 Å². The van der Waals surface area contributed by atoms with Crippen molar-refractivity contribution in [2.75, 3.05) is 13.7 Å². The van der Waals surface area contributed by atoms with Crippen molar-refractivity contribution in [1.29, 1.82) is 0 Å². The van der Waals surface area contributed by atoms with Gasteiger partial charge in [0.2, 0.25) is 0 Å². The third-order valence-corrected chi connectivity index (χ3v) is 3.52. The van der Waals surface area contributed by atoms with Gasteiger partial charge < -0.3 is 9.26 Å². The Bertz CT molecular complexity index is 568. The van der Waals surface area contributed by atoms with Gasteiger partial charge in [0.15, 0.2) is 0 Å². The first kappa shape index (κ1) is 15.3.